The number of rotatable bonds is 8. The van der Waals surface area contributed by atoms with E-state index in [-0.39, 0.29) is 41.4 Å². The zero-order chi connectivity index (χ0) is 24.1. The molecule has 0 aliphatic carbocycles. The molecular formula is C27H20F2N2O3. The average Bonchev–Trinajstić information content (AvgIpc) is 2.86. The van der Waals surface area contributed by atoms with Crippen molar-refractivity contribution >= 4 is 11.6 Å². The number of hydrogen-bond donors (Lipinski definition) is 0. The van der Waals surface area contributed by atoms with Crippen molar-refractivity contribution in [2.75, 3.05) is 7.11 Å². The minimum Gasteiger partial charge on any atom is -0.496 e. The number of carbonyl (C=O) groups excluding carboxylic acids is 2. The fourth-order valence-electron chi connectivity index (χ4n) is 3.56. The maximum atomic E-state index is 14.0. The number of methoxy groups -OCH3 is 1. The molecule has 0 unspecified atom stereocenters. The molecule has 34 heavy (non-hydrogen) atoms. The molecule has 2 aromatic heterocycles. The van der Waals surface area contributed by atoms with Gasteiger partial charge in [-0.1, -0.05) is 18.2 Å². The van der Waals surface area contributed by atoms with Crippen molar-refractivity contribution in [1.29, 1.82) is 0 Å². The van der Waals surface area contributed by atoms with Gasteiger partial charge in [-0.25, -0.2) is 8.78 Å². The zero-order valence-corrected chi connectivity index (χ0v) is 18.3. The fraction of sp³-hybridized carbons (Fsp3) is 0.111. The van der Waals surface area contributed by atoms with Crippen LogP contribution in [0.15, 0.2) is 79.3 Å². The van der Waals surface area contributed by atoms with Gasteiger partial charge in [-0.2, -0.15) is 0 Å². The number of hydrogen-bond acceptors (Lipinski definition) is 5. The molecular weight excluding hydrogens is 438 g/mol. The Morgan fingerprint density at radius 1 is 0.882 bits per heavy atom. The molecule has 0 spiro atoms. The summed E-state index contributed by atoms with van der Waals surface area (Å²) in [6.45, 7) is 0. The number of Topliss-reactive ketones (excluding diaryl/α,β-unsaturated/α-hetero) is 2. The predicted octanol–water partition coefficient (Wildman–Crippen LogP) is 5.28. The Morgan fingerprint density at radius 2 is 1.71 bits per heavy atom. The third kappa shape index (κ3) is 5.04. The molecule has 7 heteroatoms. The van der Waals surface area contributed by atoms with Crippen molar-refractivity contribution in [1.82, 2.24) is 9.97 Å². The zero-order valence-electron chi connectivity index (χ0n) is 18.3. The number of nitrogens with zero attached hydrogens (tertiary/aromatic N) is 2. The first-order valence-corrected chi connectivity index (χ1v) is 10.5. The lowest BCUT2D eigenvalue weighted by molar-refractivity contribution is 0.0988. The summed E-state index contributed by atoms with van der Waals surface area (Å²) < 4.78 is 33.2. The molecule has 4 aromatic rings. The van der Waals surface area contributed by atoms with Crippen molar-refractivity contribution in [3.05, 3.63) is 113 Å². The van der Waals surface area contributed by atoms with E-state index in [9.17, 15) is 18.4 Å². The molecule has 0 saturated carbocycles. The predicted molar refractivity (Wildman–Crippen MR) is 123 cm³/mol. The van der Waals surface area contributed by atoms with Gasteiger partial charge in [0.1, 0.15) is 17.4 Å². The third-order valence-electron chi connectivity index (χ3n) is 5.37. The summed E-state index contributed by atoms with van der Waals surface area (Å²) in [4.78, 5) is 33.7. The smallest absolute Gasteiger partial charge is 0.171 e. The van der Waals surface area contributed by atoms with E-state index in [1.165, 1.54) is 37.7 Å². The number of halogens is 2. The lowest BCUT2D eigenvalue weighted by Crippen LogP contribution is -2.10. The Hall–Kier alpha value is -4.26. The minimum atomic E-state index is -0.576. The highest BCUT2D eigenvalue weighted by molar-refractivity contribution is 6.04. The van der Waals surface area contributed by atoms with Gasteiger partial charge >= 0.3 is 0 Å². The van der Waals surface area contributed by atoms with Gasteiger partial charge in [-0.15, -0.1) is 0 Å². The highest BCUT2D eigenvalue weighted by Gasteiger charge is 2.18. The molecule has 2 aromatic carbocycles. The number of pyridine rings is 2. The number of aromatic nitrogens is 2. The van der Waals surface area contributed by atoms with E-state index in [2.05, 4.69) is 9.97 Å². The summed E-state index contributed by atoms with van der Waals surface area (Å²) in [5.74, 6) is -1.26. The first-order valence-electron chi connectivity index (χ1n) is 10.5. The van der Waals surface area contributed by atoms with Gasteiger partial charge < -0.3 is 4.74 Å². The van der Waals surface area contributed by atoms with Crippen LogP contribution in [0.1, 0.15) is 31.8 Å². The minimum absolute atomic E-state index is 0.0451. The Balaban J connectivity index is 1.53. The molecule has 0 radical (unpaired) electrons. The molecule has 0 N–H and O–H groups in total. The van der Waals surface area contributed by atoms with E-state index in [0.29, 0.717) is 28.1 Å². The van der Waals surface area contributed by atoms with Crippen LogP contribution >= 0.6 is 0 Å². The van der Waals surface area contributed by atoms with Crippen LogP contribution < -0.4 is 4.74 Å². The third-order valence-corrected chi connectivity index (χ3v) is 5.37. The standard InChI is InChI=1S/C27H20F2N2O3/c1-34-27-9-7-19(13-21(27)26(33)14-18-10-11-30-16-23(18)29)25(32)12-17-6-8-24(31-15-17)20-4-2-3-5-22(20)28/h2-11,13,15-16H,12,14H2,1H3. The van der Waals surface area contributed by atoms with E-state index in [1.807, 2.05) is 0 Å². The van der Waals surface area contributed by atoms with Crippen molar-refractivity contribution in [3.8, 4) is 17.0 Å². The van der Waals surface area contributed by atoms with E-state index in [0.717, 1.165) is 6.20 Å². The summed E-state index contributed by atoms with van der Waals surface area (Å²) in [6, 6.07) is 15.7. The second-order valence-corrected chi connectivity index (χ2v) is 7.61. The summed E-state index contributed by atoms with van der Waals surface area (Å²) in [6.07, 6.45) is 3.84. The van der Waals surface area contributed by atoms with Gasteiger partial charge in [-0.05, 0) is 53.6 Å². The van der Waals surface area contributed by atoms with Gasteiger partial charge in [0.15, 0.2) is 11.6 Å². The van der Waals surface area contributed by atoms with Crippen LogP contribution in [0.3, 0.4) is 0 Å². The van der Waals surface area contributed by atoms with E-state index in [4.69, 9.17) is 4.74 Å². The molecule has 5 nitrogen and oxygen atoms in total. The topological polar surface area (TPSA) is 69.2 Å². The number of ether oxygens (including phenoxy) is 1. The van der Waals surface area contributed by atoms with Crippen LogP contribution in [0.4, 0.5) is 8.78 Å². The Bertz CT molecular complexity index is 1350. The molecule has 0 aliphatic rings. The second kappa shape index (κ2) is 10.1. The number of benzene rings is 2. The Morgan fingerprint density at radius 3 is 2.41 bits per heavy atom. The van der Waals surface area contributed by atoms with Crippen LogP contribution in [-0.4, -0.2) is 28.6 Å². The molecule has 2 heterocycles. The number of ketones is 2. The van der Waals surface area contributed by atoms with Gasteiger partial charge in [0.25, 0.3) is 0 Å². The van der Waals surface area contributed by atoms with E-state index >= 15 is 0 Å². The van der Waals surface area contributed by atoms with Gasteiger partial charge in [0.2, 0.25) is 0 Å². The Labute approximate surface area is 195 Å². The van der Waals surface area contributed by atoms with E-state index < -0.39 is 5.82 Å². The lowest BCUT2D eigenvalue weighted by atomic mass is 9.97. The van der Waals surface area contributed by atoms with Crippen molar-refractivity contribution in [2.45, 2.75) is 12.8 Å². The summed E-state index contributed by atoms with van der Waals surface area (Å²) in [7, 11) is 1.42. The Kier molecular flexibility index (Phi) is 6.82. The lowest BCUT2D eigenvalue weighted by Gasteiger charge is -2.10. The summed E-state index contributed by atoms with van der Waals surface area (Å²) in [5.41, 5.74) is 2.21. The maximum Gasteiger partial charge on any atom is 0.171 e. The highest BCUT2D eigenvalue weighted by Crippen LogP contribution is 2.24. The molecule has 4 rings (SSSR count). The maximum absolute atomic E-state index is 14.0. The monoisotopic (exact) mass is 458 g/mol. The quantitative estimate of drug-likeness (QED) is 0.336. The summed E-state index contributed by atoms with van der Waals surface area (Å²) in [5, 5.41) is 0. The SMILES string of the molecule is COc1ccc(C(=O)Cc2ccc(-c3ccccc3F)nc2)cc1C(=O)Cc1ccncc1F. The molecule has 0 atom stereocenters. The van der Waals surface area contributed by atoms with Gasteiger partial charge in [0, 0.05) is 36.4 Å². The normalized spacial score (nSPS) is 10.7. The van der Waals surface area contributed by atoms with Crippen LogP contribution in [0.25, 0.3) is 11.3 Å². The molecule has 0 bridgehead atoms. The molecule has 0 aliphatic heterocycles. The van der Waals surface area contributed by atoms with Gasteiger partial charge in [-0.3, -0.25) is 19.6 Å². The highest BCUT2D eigenvalue weighted by atomic mass is 19.1. The van der Waals surface area contributed by atoms with Crippen molar-refractivity contribution < 1.29 is 23.1 Å². The molecule has 170 valence electrons. The molecule has 0 saturated heterocycles. The fourth-order valence-corrected chi connectivity index (χ4v) is 3.56. The van der Waals surface area contributed by atoms with Crippen molar-refractivity contribution in [2.24, 2.45) is 0 Å². The van der Waals surface area contributed by atoms with E-state index in [1.54, 1.807) is 42.5 Å². The summed E-state index contributed by atoms with van der Waals surface area (Å²) >= 11 is 0. The van der Waals surface area contributed by atoms with Gasteiger partial charge in [0.05, 0.1) is 24.6 Å². The average molecular weight is 458 g/mol. The van der Waals surface area contributed by atoms with Crippen molar-refractivity contribution in [3.63, 3.8) is 0 Å². The van der Waals surface area contributed by atoms with Crippen LogP contribution in [0.5, 0.6) is 5.75 Å². The largest absolute Gasteiger partial charge is 0.496 e. The van der Waals surface area contributed by atoms with Crippen LogP contribution in [0, 0.1) is 11.6 Å². The van der Waals surface area contributed by atoms with Crippen LogP contribution in [0.2, 0.25) is 0 Å². The molecule has 0 amide bonds. The first-order chi connectivity index (χ1) is 16.5. The second-order valence-electron chi connectivity index (χ2n) is 7.61. The first kappa shape index (κ1) is 22.9. The van der Waals surface area contributed by atoms with Crippen LogP contribution in [-0.2, 0) is 12.8 Å². The molecule has 0 fully saturated rings. The number of carbonyl (C=O) groups is 2.